The third-order valence-corrected chi connectivity index (χ3v) is 5.75. The van der Waals surface area contributed by atoms with Crippen LogP contribution in [0.1, 0.15) is 71.1 Å². The van der Waals surface area contributed by atoms with Crippen molar-refractivity contribution >= 4 is 0 Å². The molecule has 0 aromatic carbocycles. The second-order valence-corrected chi connectivity index (χ2v) is 7.06. The lowest BCUT2D eigenvalue weighted by Crippen LogP contribution is -2.59. The van der Waals surface area contributed by atoms with Crippen LogP contribution in [0.2, 0.25) is 0 Å². The normalized spacial score (nSPS) is 25.9. The van der Waals surface area contributed by atoms with Crippen molar-refractivity contribution in [3.05, 3.63) is 0 Å². The summed E-state index contributed by atoms with van der Waals surface area (Å²) in [7, 11) is 4.63. The van der Waals surface area contributed by atoms with Crippen molar-refractivity contribution in [2.45, 2.75) is 82.7 Å². The van der Waals surface area contributed by atoms with Gasteiger partial charge in [-0.15, -0.1) is 0 Å². The van der Waals surface area contributed by atoms with Gasteiger partial charge in [-0.3, -0.25) is 0 Å². The summed E-state index contributed by atoms with van der Waals surface area (Å²) in [6.45, 7) is 3.39. The van der Waals surface area contributed by atoms with Crippen molar-refractivity contribution in [3.8, 4) is 0 Å². The minimum absolute atomic E-state index is 0.419. The molecule has 0 aliphatic heterocycles. The maximum absolute atomic E-state index is 3.86. The first-order valence-corrected chi connectivity index (χ1v) is 8.60. The number of hydrogen-bond donors (Lipinski definition) is 1. The Kier molecular flexibility index (Phi) is 5.70. The third kappa shape index (κ3) is 3.52. The minimum Gasteiger partial charge on any atom is -0.312 e. The van der Waals surface area contributed by atoms with Crippen LogP contribution < -0.4 is 5.32 Å². The summed E-state index contributed by atoms with van der Waals surface area (Å²) < 4.78 is 0. The van der Waals surface area contributed by atoms with Gasteiger partial charge in [0, 0.05) is 11.6 Å². The zero-order valence-corrected chi connectivity index (χ0v) is 13.4. The second kappa shape index (κ2) is 7.08. The molecule has 0 saturated heterocycles. The Balaban J connectivity index is 2.10. The zero-order chi connectivity index (χ0) is 13.7. The summed E-state index contributed by atoms with van der Waals surface area (Å²) in [4.78, 5) is 2.56. The molecule has 0 bridgehead atoms. The van der Waals surface area contributed by atoms with Gasteiger partial charge in [-0.2, -0.15) is 0 Å². The van der Waals surface area contributed by atoms with E-state index in [4.69, 9.17) is 0 Å². The molecular weight excluding hydrogens is 232 g/mol. The molecule has 2 rings (SSSR count). The van der Waals surface area contributed by atoms with Crippen LogP contribution in [-0.4, -0.2) is 37.1 Å². The molecule has 2 aliphatic carbocycles. The predicted octanol–water partition coefficient (Wildman–Crippen LogP) is 3.81. The summed E-state index contributed by atoms with van der Waals surface area (Å²) in [6, 6.07) is 0.705. The van der Waals surface area contributed by atoms with E-state index >= 15 is 0 Å². The van der Waals surface area contributed by atoms with Crippen LogP contribution in [0.3, 0.4) is 0 Å². The van der Waals surface area contributed by atoms with E-state index in [0.717, 1.165) is 12.5 Å². The lowest BCUT2D eigenvalue weighted by atomic mass is 9.72. The fraction of sp³-hybridized carbons (Fsp3) is 1.00. The maximum Gasteiger partial charge on any atom is 0.0356 e. The van der Waals surface area contributed by atoms with Crippen molar-refractivity contribution in [1.29, 1.82) is 0 Å². The van der Waals surface area contributed by atoms with Gasteiger partial charge in [-0.25, -0.2) is 0 Å². The van der Waals surface area contributed by atoms with Gasteiger partial charge in [0.1, 0.15) is 0 Å². The molecule has 1 unspecified atom stereocenters. The van der Waals surface area contributed by atoms with Gasteiger partial charge in [0.2, 0.25) is 0 Å². The molecule has 0 amide bonds. The summed E-state index contributed by atoms with van der Waals surface area (Å²) in [5, 5.41) is 3.86. The van der Waals surface area contributed by atoms with Crippen LogP contribution in [-0.2, 0) is 0 Å². The Bertz CT molecular complexity index is 250. The van der Waals surface area contributed by atoms with E-state index in [2.05, 4.69) is 31.2 Å². The Morgan fingerprint density at radius 3 is 2.11 bits per heavy atom. The predicted molar refractivity (Wildman–Crippen MR) is 83.5 cm³/mol. The van der Waals surface area contributed by atoms with E-state index in [-0.39, 0.29) is 0 Å². The van der Waals surface area contributed by atoms with Crippen molar-refractivity contribution in [1.82, 2.24) is 10.2 Å². The topological polar surface area (TPSA) is 15.3 Å². The Morgan fingerprint density at radius 2 is 1.68 bits per heavy atom. The van der Waals surface area contributed by atoms with Gasteiger partial charge < -0.3 is 10.2 Å². The first-order valence-electron chi connectivity index (χ1n) is 8.60. The molecule has 2 saturated carbocycles. The smallest absolute Gasteiger partial charge is 0.0356 e. The van der Waals surface area contributed by atoms with Gasteiger partial charge in [0.25, 0.3) is 0 Å². The van der Waals surface area contributed by atoms with E-state index in [1.807, 2.05) is 0 Å². The average Bonchev–Trinajstić information content (AvgIpc) is 2.58. The molecule has 0 spiro atoms. The highest BCUT2D eigenvalue weighted by Gasteiger charge is 2.41. The standard InChI is InChI=1S/C17H34N2/c1-4-18-16(14-15-10-9-11-15)17(19(2)3)12-7-5-6-8-13-17/h15-16,18H,4-14H2,1-3H3. The van der Waals surface area contributed by atoms with E-state index in [0.29, 0.717) is 11.6 Å². The quantitative estimate of drug-likeness (QED) is 0.736. The van der Waals surface area contributed by atoms with Gasteiger partial charge in [-0.05, 0) is 45.8 Å². The molecule has 112 valence electrons. The van der Waals surface area contributed by atoms with Crippen molar-refractivity contribution in [2.75, 3.05) is 20.6 Å². The van der Waals surface area contributed by atoms with Gasteiger partial charge >= 0.3 is 0 Å². The van der Waals surface area contributed by atoms with Crippen LogP contribution in [0.15, 0.2) is 0 Å². The molecule has 19 heavy (non-hydrogen) atoms. The highest BCUT2D eigenvalue weighted by atomic mass is 15.2. The van der Waals surface area contributed by atoms with E-state index in [1.165, 1.54) is 64.2 Å². The number of hydrogen-bond acceptors (Lipinski definition) is 2. The molecular formula is C17H34N2. The number of likely N-dealkylation sites (N-methyl/N-ethyl adjacent to an activating group) is 2. The Morgan fingerprint density at radius 1 is 1.05 bits per heavy atom. The summed E-state index contributed by atoms with van der Waals surface area (Å²) in [5.41, 5.74) is 0.419. The van der Waals surface area contributed by atoms with Crippen molar-refractivity contribution < 1.29 is 0 Å². The van der Waals surface area contributed by atoms with E-state index in [1.54, 1.807) is 0 Å². The zero-order valence-electron chi connectivity index (χ0n) is 13.4. The number of rotatable bonds is 6. The number of nitrogens with zero attached hydrogens (tertiary/aromatic N) is 1. The average molecular weight is 266 g/mol. The SMILES string of the molecule is CCNC(CC1CCC1)C1(N(C)C)CCCCCC1. The van der Waals surface area contributed by atoms with Crippen LogP contribution >= 0.6 is 0 Å². The van der Waals surface area contributed by atoms with Crippen LogP contribution in [0.4, 0.5) is 0 Å². The van der Waals surface area contributed by atoms with E-state index in [9.17, 15) is 0 Å². The monoisotopic (exact) mass is 266 g/mol. The van der Waals surface area contributed by atoms with Gasteiger partial charge in [-0.1, -0.05) is 51.9 Å². The molecule has 1 atom stereocenters. The molecule has 2 nitrogen and oxygen atoms in total. The highest BCUT2D eigenvalue weighted by molar-refractivity contribution is 5.01. The molecule has 2 aliphatic rings. The molecule has 0 aromatic heterocycles. The Hall–Kier alpha value is -0.0800. The molecule has 0 radical (unpaired) electrons. The fourth-order valence-corrected chi connectivity index (χ4v) is 4.25. The largest absolute Gasteiger partial charge is 0.312 e. The lowest BCUT2D eigenvalue weighted by Gasteiger charge is -2.48. The van der Waals surface area contributed by atoms with Crippen LogP contribution in [0, 0.1) is 5.92 Å². The number of nitrogens with one attached hydrogen (secondary N) is 1. The highest BCUT2D eigenvalue weighted by Crippen LogP contribution is 2.39. The maximum atomic E-state index is 3.86. The summed E-state index contributed by atoms with van der Waals surface area (Å²) >= 11 is 0. The summed E-state index contributed by atoms with van der Waals surface area (Å²) in [5.74, 6) is 1.00. The molecule has 2 heteroatoms. The van der Waals surface area contributed by atoms with Crippen LogP contribution in [0.5, 0.6) is 0 Å². The fourth-order valence-electron chi connectivity index (χ4n) is 4.25. The third-order valence-electron chi connectivity index (χ3n) is 5.75. The first kappa shape index (κ1) is 15.3. The molecule has 0 aromatic rings. The van der Waals surface area contributed by atoms with Gasteiger partial charge in [0.15, 0.2) is 0 Å². The first-order chi connectivity index (χ1) is 9.19. The van der Waals surface area contributed by atoms with Crippen LogP contribution in [0.25, 0.3) is 0 Å². The summed E-state index contributed by atoms with van der Waals surface area (Å²) in [6.07, 6.45) is 14.3. The lowest BCUT2D eigenvalue weighted by molar-refractivity contribution is 0.0611. The van der Waals surface area contributed by atoms with Gasteiger partial charge in [0.05, 0.1) is 0 Å². The molecule has 0 heterocycles. The van der Waals surface area contributed by atoms with Crippen molar-refractivity contribution in [2.24, 2.45) is 5.92 Å². The van der Waals surface area contributed by atoms with Crippen molar-refractivity contribution in [3.63, 3.8) is 0 Å². The minimum atomic E-state index is 0.419. The van der Waals surface area contributed by atoms with E-state index < -0.39 is 0 Å². The Labute approximate surface area is 120 Å². The molecule has 2 fully saturated rings. The molecule has 1 N–H and O–H groups in total. The second-order valence-electron chi connectivity index (χ2n) is 7.06.